The summed E-state index contributed by atoms with van der Waals surface area (Å²) in [7, 11) is 0. The quantitative estimate of drug-likeness (QED) is 0.870. The van der Waals surface area contributed by atoms with Crippen LogP contribution in [-0.4, -0.2) is 55.4 Å². The van der Waals surface area contributed by atoms with Crippen LogP contribution in [0.2, 0.25) is 0 Å². The largest absolute Gasteiger partial charge is 0.491 e. The third-order valence-corrected chi connectivity index (χ3v) is 4.30. The highest BCUT2D eigenvalue weighted by Gasteiger charge is 2.20. The molecule has 1 atom stereocenters. The smallest absolute Gasteiger partial charge is 0.160 e. The van der Waals surface area contributed by atoms with Gasteiger partial charge in [-0.2, -0.15) is 0 Å². The third-order valence-electron chi connectivity index (χ3n) is 4.30. The molecule has 1 saturated heterocycles. The first-order chi connectivity index (χ1) is 12.1. The van der Waals surface area contributed by atoms with Gasteiger partial charge in [-0.05, 0) is 24.3 Å². The molecule has 1 heterocycles. The fourth-order valence-corrected chi connectivity index (χ4v) is 2.93. The SMILES string of the molecule is OC(COc1ccccc1)CN1CCN(c2ccc(F)c(F)c2)CC1. The number of anilines is 1. The van der Waals surface area contributed by atoms with Crippen LogP contribution in [-0.2, 0) is 0 Å². The van der Waals surface area contributed by atoms with Crippen molar-refractivity contribution in [1.82, 2.24) is 4.90 Å². The van der Waals surface area contributed by atoms with Crippen molar-refractivity contribution in [2.75, 3.05) is 44.2 Å². The third kappa shape index (κ3) is 4.90. The molecule has 4 nitrogen and oxygen atoms in total. The Hall–Kier alpha value is -2.18. The van der Waals surface area contributed by atoms with Crippen molar-refractivity contribution < 1.29 is 18.6 Å². The van der Waals surface area contributed by atoms with E-state index in [-0.39, 0.29) is 6.61 Å². The minimum absolute atomic E-state index is 0.243. The van der Waals surface area contributed by atoms with Crippen molar-refractivity contribution in [1.29, 1.82) is 0 Å². The highest BCUT2D eigenvalue weighted by molar-refractivity contribution is 5.47. The fourth-order valence-electron chi connectivity index (χ4n) is 2.93. The van der Waals surface area contributed by atoms with Crippen LogP contribution in [0.15, 0.2) is 48.5 Å². The van der Waals surface area contributed by atoms with Gasteiger partial charge in [-0.15, -0.1) is 0 Å². The molecule has 0 bridgehead atoms. The van der Waals surface area contributed by atoms with Crippen molar-refractivity contribution in [3.8, 4) is 5.75 Å². The van der Waals surface area contributed by atoms with Gasteiger partial charge in [0.2, 0.25) is 0 Å². The lowest BCUT2D eigenvalue weighted by molar-refractivity contribution is 0.0663. The number of hydrogen-bond acceptors (Lipinski definition) is 4. The number of nitrogens with zero attached hydrogens (tertiary/aromatic N) is 2. The molecule has 3 rings (SSSR count). The van der Waals surface area contributed by atoms with Crippen LogP contribution < -0.4 is 9.64 Å². The standard InChI is InChI=1S/C19H22F2N2O2/c20-18-7-6-15(12-19(18)21)23-10-8-22(9-11-23)13-16(24)14-25-17-4-2-1-3-5-17/h1-7,12,16,24H,8-11,13-14H2. The highest BCUT2D eigenvalue weighted by atomic mass is 19.2. The molecule has 0 aromatic heterocycles. The average molecular weight is 348 g/mol. The molecule has 1 unspecified atom stereocenters. The molecule has 1 N–H and O–H groups in total. The number of hydrogen-bond donors (Lipinski definition) is 1. The molecule has 0 saturated carbocycles. The van der Waals surface area contributed by atoms with E-state index in [4.69, 9.17) is 4.74 Å². The first-order valence-electron chi connectivity index (χ1n) is 8.40. The predicted molar refractivity (Wildman–Crippen MR) is 93.0 cm³/mol. The normalized spacial score (nSPS) is 16.7. The highest BCUT2D eigenvalue weighted by Crippen LogP contribution is 2.19. The molecule has 0 spiro atoms. The number of aliphatic hydroxyl groups is 1. The second-order valence-corrected chi connectivity index (χ2v) is 6.16. The molecule has 1 fully saturated rings. The Bertz CT molecular complexity index is 676. The average Bonchev–Trinajstić information content (AvgIpc) is 2.64. The van der Waals surface area contributed by atoms with Crippen LogP contribution in [0.3, 0.4) is 0 Å². The van der Waals surface area contributed by atoms with Crippen molar-refractivity contribution in [3.05, 3.63) is 60.2 Å². The van der Waals surface area contributed by atoms with Crippen LogP contribution in [0.1, 0.15) is 0 Å². The Labute approximate surface area is 146 Å². The minimum Gasteiger partial charge on any atom is -0.491 e. The van der Waals surface area contributed by atoms with Gasteiger partial charge in [0.25, 0.3) is 0 Å². The van der Waals surface area contributed by atoms with E-state index < -0.39 is 17.7 Å². The molecule has 2 aromatic rings. The van der Waals surface area contributed by atoms with E-state index in [0.29, 0.717) is 25.3 Å². The lowest BCUT2D eigenvalue weighted by atomic mass is 10.2. The van der Waals surface area contributed by atoms with Crippen LogP contribution in [0.5, 0.6) is 5.75 Å². The predicted octanol–water partition coefficient (Wildman–Crippen LogP) is 2.53. The number of piperazine rings is 1. The summed E-state index contributed by atoms with van der Waals surface area (Å²) in [5.41, 5.74) is 0.687. The molecule has 1 aliphatic rings. The number of rotatable bonds is 6. The molecule has 6 heteroatoms. The van der Waals surface area contributed by atoms with Crippen molar-refractivity contribution >= 4 is 5.69 Å². The van der Waals surface area contributed by atoms with E-state index in [9.17, 15) is 13.9 Å². The summed E-state index contributed by atoms with van der Waals surface area (Å²) in [6, 6.07) is 13.4. The van der Waals surface area contributed by atoms with Gasteiger partial charge < -0.3 is 14.7 Å². The summed E-state index contributed by atoms with van der Waals surface area (Å²) in [5, 5.41) is 10.1. The molecular formula is C19H22F2N2O2. The van der Waals surface area contributed by atoms with Crippen molar-refractivity contribution in [2.24, 2.45) is 0 Å². The fraction of sp³-hybridized carbons (Fsp3) is 0.368. The van der Waals surface area contributed by atoms with Crippen LogP contribution in [0, 0.1) is 11.6 Å². The van der Waals surface area contributed by atoms with Gasteiger partial charge in [-0.1, -0.05) is 18.2 Å². The molecular weight excluding hydrogens is 326 g/mol. The molecule has 2 aromatic carbocycles. The number of halogens is 2. The van der Waals surface area contributed by atoms with E-state index in [2.05, 4.69) is 4.90 Å². The molecule has 1 aliphatic heterocycles. The van der Waals surface area contributed by atoms with Gasteiger partial charge in [-0.25, -0.2) is 8.78 Å². The molecule has 25 heavy (non-hydrogen) atoms. The second kappa shape index (κ2) is 8.27. The minimum atomic E-state index is -0.830. The zero-order valence-electron chi connectivity index (χ0n) is 13.9. The van der Waals surface area contributed by atoms with Gasteiger partial charge in [0.15, 0.2) is 11.6 Å². The van der Waals surface area contributed by atoms with E-state index in [0.717, 1.165) is 24.9 Å². The van der Waals surface area contributed by atoms with Gasteiger partial charge in [-0.3, -0.25) is 4.90 Å². The Morgan fingerprint density at radius 3 is 2.36 bits per heavy atom. The summed E-state index contributed by atoms with van der Waals surface area (Å²) in [6.45, 7) is 3.68. The van der Waals surface area contributed by atoms with Gasteiger partial charge >= 0.3 is 0 Å². The summed E-state index contributed by atoms with van der Waals surface area (Å²) in [6.07, 6.45) is -0.574. The lowest BCUT2D eigenvalue weighted by Crippen LogP contribution is -2.49. The number of benzene rings is 2. The number of aliphatic hydroxyl groups excluding tert-OH is 1. The lowest BCUT2D eigenvalue weighted by Gasteiger charge is -2.36. The van der Waals surface area contributed by atoms with Crippen molar-refractivity contribution in [3.63, 3.8) is 0 Å². The molecule has 0 aliphatic carbocycles. The second-order valence-electron chi connectivity index (χ2n) is 6.16. The summed E-state index contributed by atoms with van der Waals surface area (Å²) in [5.74, 6) is -0.915. The Kier molecular flexibility index (Phi) is 5.83. The van der Waals surface area contributed by atoms with Gasteiger partial charge in [0, 0.05) is 44.5 Å². The van der Waals surface area contributed by atoms with E-state index >= 15 is 0 Å². The van der Waals surface area contributed by atoms with E-state index in [1.165, 1.54) is 6.07 Å². The topological polar surface area (TPSA) is 35.9 Å². The maximum Gasteiger partial charge on any atom is 0.160 e. The first-order valence-corrected chi connectivity index (χ1v) is 8.40. The van der Waals surface area contributed by atoms with Gasteiger partial charge in [0.1, 0.15) is 18.5 Å². The van der Waals surface area contributed by atoms with Crippen LogP contribution >= 0.6 is 0 Å². The van der Waals surface area contributed by atoms with E-state index in [1.807, 2.05) is 35.2 Å². The maximum atomic E-state index is 13.3. The summed E-state index contributed by atoms with van der Waals surface area (Å²) >= 11 is 0. The van der Waals surface area contributed by atoms with Crippen molar-refractivity contribution in [2.45, 2.75) is 6.10 Å². The van der Waals surface area contributed by atoms with Gasteiger partial charge in [0.05, 0.1) is 0 Å². The summed E-state index contributed by atoms with van der Waals surface area (Å²) in [4.78, 5) is 4.17. The molecule has 0 amide bonds. The monoisotopic (exact) mass is 348 g/mol. The first kappa shape index (κ1) is 17.6. The van der Waals surface area contributed by atoms with E-state index in [1.54, 1.807) is 6.07 Å². The zero-order valence-corrected chi connectivity index (χ0v) is 13.9. The number of para-hydroxylation sites is 1. The molecule has 134 valence electrons. The number of β-amino-alcohol motifs (C(OH)–C–C–N with tert-alkyl or cyclic N) is 1. The Morgan fingerprint density at radius 2 is 1.68 bits per heavy atom. The summed E-state index contributed by atoms with van der Waals surface area (Å²) < 4.78 is 31.9. The van der Waals surface area contributed by atoms with Crippen LogP contribution in [0.4, 0.5) is 14.5 Å². The zero-order chi connectivity index (χ0) is 17.6. The Balaban J connectivity index is 1.43. The number of ether oxygens (including phenoxy) is 1. The maximum absolute atomic E-state index is 13.3. The Morgan fingerprint density at radius 1 is 0.960 bits per heavy atom. The van der Waals surface area contributed by atoms with Crippen LogP contribution in [0.25, 0.3) is 0 Å². The molecule has 0 radical (unpaired) electrons.